The number of hydrogen-bond donors (Lipinski definition) is 1. The summed E-state index contributed by atoms with van der Waals surface area (Å²) in [5.74, 6) is -0.547. The van der Waals surface area contributed by atoms with Crippen molar-refractivity contribution in [1.29, 1.82) is 0 Å². The van der Waals surface area contributed by atoms with Gasteiger partial charge in [0.2, 0.25) is 5.91 Å². The molecule has 1 aromatic rings. The summed E-state index contributed by atoms with van der Waals surface area (Å²) in [5, 5.41) is 2.60. The highest BCUT2D eigenvalue weighted by Gasteiger charge is 2.15. The van der Waals surface area contributed by atoms with Crippen LogP contribution in [0.25, 0.3) is 0 Å². The van der Waals surface area contributed by atoms with E-state index in [2.05, 4.69) is 26.0 Å². The normalized spacial score (nSPS) is 11.9. The van der Waals surface area contributed by atoms with E-state index in [-0.39, 0.29) is 5.91 Å². The van der Waals surface area contributed by atoms with Gasteiger partial charge in [-0.05, 0) is 47.8 Å². The van der Waals surface area contributed by atoms with Gasteiger partial charge in [0.25, 0.3) is 0 Å². The lowest BCUT2D eigenvalue weighted by atomic mass is 10.2. The molecule has 0 aromatic carbocycles. The smallest absolute Gasteiger partial charge is 0.328 e. The minimum Gasteiger partial charge on any atom is -0.467 e. The Kier molecular flexibility index (Phi) is 6.35. The van der Waals surface area contributed by atoms with Gasteiger partial charge in [0, 0.05) is 11.3 Å². The summed E-state index contributed by atoms with van der Waals surface area (Å²) < 4.78 is 5.63. The zero-order valence-corrected chi connectivity index (χ0v) is 12.8. The molecule has 18 heavy (non-hydrogen) atoms. The lowest BCUT2D eigenvalue weighted by Gasteiger charge is -2.11. The molecule has 0 bridgehead atoms. The fourth-order valence-electron chi connectivity index (χ4n) is 1.46. The molecule has 1 unspecified atom stereocenters. The number of carbonyl (C=O) groups is 2. The van der Waals surface area contributed by atoms with E-state index in [0.717, 1.165) is 16.6 Å². The van der Waals surface area contributed by atoms with E-state index < -0.39 is 12.0 Å². The monoisotopic (exact) mass is 333 g/mol. The van der Waals surface area contributed by atoms with E-state index in [9.17, 15) is 9.59 Å². The molecule has 1 N–H and O–H groups in total. The second-order valence-corrected chi connectivity index (χ2v) is 6.42. The number of ether oxygens (including phenoxy) is 1. The largest absolute Gasteiger partial charge is 0.467 e. The number of nitrogens with one attached hydrogen (secondary N) is 1. The molecule has 6 heteroatoms. The van der Waals surface area contributed by atoms with Crippen LogP contribution in [0.5, 0.6) is 0 Å². The summed E-state index contributed by atoms with van der Waals surface area (Å²) >= 11 is 5.07. The third kappa shape index (κ3) is 5.18. The van der Waals surface area contributed by atoms with Crippen molar-refractivity contribution in [2.24, 2.45) is 0 Å². The van der Waals surface area contributed by atoms with Crippen LogP contribution in [0.1, 0.15) is 24.6 Å². The number of amides is 1. The molecular formula is C12H16BrNO3S. The Morgan fingerprint density at radius 3 is 2.78 bits per heavy atom. The van der Waals surface area contributed by atoms with Gasteiger partial charge in [-0.3, -0.25) is 4.79 Å². The van der Waals surface area contributed by atoms with E-state index in [4.69, 9.17) is 0 Å². The highest BCUT2D eigenvalue weighted by atomic mass is 79.9. The molecule has 0 spiro atoms. The third-order valence-corrected chi connectivity index (χ3v) is 4.07. The Morgan fingerprint density at radius 1 is 1.50 bits per heavy atom. The van der Waals surface area contributed by atoms with Gasteiger partial charge >= 0.3 is 5.97 Å². The van der Waals surface area contributed by atoms with Crippen LogP contribution in [0, 0.1) is 0 Å². The Morgan fingerprint density at radius 2 is 2.22 bits per heavy atom. The van der Waals surface area contributed by atoms with Gasteiger partial charge in [0.1, 0.15) is 6.04 Å². The Hall–Kier alpha value is -0.880. The topological polar surface area (TPSA) is 55.4 Å². The predicted molar refractivity (Wildman–Crippen MR) is 74.6 cm³/mol. The molecule has 1 amide bonds. The number of thiophene rings is 1. The molecule has 0 saturated carbocycles. The third-order valence-electron chi connectivity index (χ3n) is 2.39. The summed E-state index contributed by atoms with van der Waals surface area (Å²) in [6.45, 7) is 1.61. The van der Waals surface area contributed by atoms with Crippen molar-refractivity contribution in [3.05, 3.63) is 20.8 Å². The van der Waals surface area contributed by atoms with Crippen LogP contribution in [0.3, 0.4) is 0 Å². The van der Waals surface area contributed by atoms with Crippen molar-refractivity contribution < 1.29 is 14.3 Å². The summed E-state index contributed by atoms with van der Waals surface area (Å²) in [6, 6.07) is 3.46. The zero-order chi connectivity index (χ0) is 13.5. The number of esters is 1. The van der Waals surface area contributed by atoms with E-state index in [0.29, 0.717) is 6.42 Å². The van der Waals surface area contributed by atoms with Crippen molar-refractivity contribution in [3.8, 4) is 0 Å². The zero-order valence-electron chi connectivity index (χ0n) is 10.4. The van der Waals surface area contributed by atoms with Crippen LogP contribution in [0.2, 0.25) is 0 Å². The molecule has 100 valence electrons. The van der Waals surface area contributed by atoms with Crippen molar-refractivity contribution in [2.75, 3.05) is 7.11 Å². The van der Waals surface area contributed by atoms with Crippen molar-refractivity contribution in [1.82, 2.24) is 5.32 Å². The number of halogens is 1. The van der Waals surface area contributed by atoms with Crippen LogP contribution in [0.4, 0.5) is 0 Å². The molecule has 1 rings (SSSR count). The highest BCUT2D eigenvalue weighted by molar-refractivity contribution is 9.11. The van der Waals surface area contributed by atoms with E-state index in [1.807, 2.05) is 12.1 Å². The van der Waals surface area contributed by atoms with Gasteiger partial charge in [-0.2, -0.15) is 0 Å². The summed E-state index contributed by atoms with van der Waals surface area (Å²) in [7, 11) is 1.31. The number of carbonyl (C=O) groups excluding carboxylic acids is 2. The minimum atomic E-state index is -0.585. The molecule has 0 radical (unpaired) electrons. The van der Waals surface area contributed by atoms with Crippen LogP contribution in [-0.4, -0.2) is 25.0 Å². The molecule has 1 heterocycles. The second-order valence-electron chi connectivity index (χ2n) is 3.87. The molecule has 0 aliphatic carbocycles. The van der Waals surface area contributed by atoms with Crippen molar-refractivity contribution in [2.45, 2.75) is 32.2 Å². The molecule has 1 aromatic heterocycles. The molecular weight excluding hydrogens is 318 g/mol. The fraction of sp³-hybridized carbons (Fsp3) is 0.500. The van der Waals surface area contributed by atoms with Crippen molar-refractivity contribution in [3.63, 3.8) is 0 Å². The Labute approximate surface area is 119 Å². The predicted octanol–water partition coefficient (Wildman–Crippen LogP) is 2.51. The average molecular weight is 334 g/mol. The first-order valence-electron chi connectivity index (χ1n) is 5.64. The molecule has 0 fully saturated rings. The molecule has 0 saturated heterocycles. The average Bonchev–Trinajstić information content (AvgIpc) is 2.73. The SMILES string of the molecule is COC(=O)C(C)NC(=O)CCCc1ccc(Br)s1. The van der Waals surface area contributed by atoms with E-state index in [1.54, 1.807) is 18.3 Å². The van der Waals surface area contributed by atoms with E-state index >= 15 is 0 Å². The van der Waals surface area contributed by atoms with Gasteiger partial charge in [-0.1, -0.05) is 0 Å². The Bertz CT molecular complexity index is 419. The number of aryl methyl sites for hydroxylation is 1. The van der Waals surface area contributed by atoms with Crippen molar-refractivity contribution >= 4 is 39.1 Å². The lowest BCUT2D eigenvalue weighted by molar-refractivity contribution is -0.144. The van der Waals surface area contributed by atoms with Crippen LogP contribution >= 0.6 is 27.3 Å². The lowest BCUT2D eigenvalue weighted by Crippen LogP contribution is -2.39. The van der Waals surface area contributed by atoms with Gasteiger partial charge in [0.05, 0.1) is 10.9 Å². The second kappa shape index (κ2) is 7.53. The molecule has 1 atom stereocenters. The molecule has 4 nitrogen and oxygen atoms in total. The van der Waals surface area contributed by atoms with Gasteiger partial charge < -0.3 is 10.1 Å². The maximum absolute atomic E-state index is 11.5. The highest BCUT2D eigenvalue weighted by Crippen LogP contribution is 2.23. The minimum absolute atomic E-state index is 0.122. The summed E-state index contributed by atoms with van der Waals surface area (Å²) in [4.78, 5) is 23.9. The number of methoxy groups -OCH3 is 1. The first-order valence-corrected chi connectivity index (χ1v) is 7.25. The molecule has 0 aliphatic heterocycles. The van der Waals surface area contributed by atoms with Gasteiger partial charge in [-0.15, -0.1) is 11.3 Å². The van der Waals surface area contributed by atoms with Gasteiger partial charge in [0.15, 0.2) is 0 Å². The summed E-state index contributed by atoms with van der Waals surface area (Å²) in [5.41, 5.74) is 0. The first-order chi connectivity index (χ1) is 8.52. The van der Waals surface area contributed by atoms with Crippen LogP contribution in [-0.2, 0) is 20.7 Å². The summed E-state index contributed by atoms with van der Waals surface area (Å²) in [6.07, 6.45) is 2.06. The maximum atomic E-state index is 11.5. The number of rotatable bonds is 6. The fourth-order valence-corrected chi connectivity index (χ4v) is 2.98. The molecule has 0 aliphatic rings. The maximum Gasteiger partial charge on any atom is 0.328 e. The van der Waals surface area contributed by atoms with Gasteiger partial charge in [-0.25, -0.2) is 4.79 Å². The van der Waals surface area contributed by atoms with Crippen LogP contribution < -0.4 is 5.32 Å². The quantitative estimate of drug-likeness (QED) is 0.814. The first kappa shape index (κ1) is 15.2. The Balaban J connectivity index is 2.23. The van der Waals surface area contributed by atoms with E-state index in [1.165, 1.54) is 12.0 Å². The standard InChI is InChI=1S/C12H16BrNO3S/c1-8(12(16)17-2)14-11(15)5-3-4-9-6-7-10(13)18-9/h6-8H,3-5H2,1-2H3,(H,14,15). The number of hydrogen-bond acceptors (Lipinski definition) is 4. The van der Waals surface area contributed by atoms with Crippen LogP contribution in [0.15, 0.2) is 15.9 Å².